The predicted octanol–water partition coefficient (Wildman–Crippen LogP) is 5.72. The summed E-state index contributed by atoms with van der Waals surface area (Å²) in [6, 6.07) is 20.3. The summed E-state index contributed by atoms with van der Waals surface area (Å²) in [5.74, 6) is -0.443. The molecular formula is C31H35N3O4. The number of carbonyl (C=O) groups excluding carboxylic acids is 2. The van der Waals surface area contributed by atoms with Crippen molar-refractivity contribution in [1.82, 2.24) is 5.32 Å². The van der Waals surface area contributed by atoms with Crippen molar-refractivity contribution >= 4 is 23.4 Å². The first-order valence-corrected chi connectivity index (χ1v) is 13.2. The van der Waals surface area contributed by atoms with Gasteiger partial charge < -0.3 is 19.7 Å². The lowest BCUT2D eigenvalue weighted by molar-refractivity contribution is 0.00687. The minimum absolute atomic E-state index is 0.0289. The smallest absolute Gasteiger partial charge is 0.411 e. The molecule has 198 valence electrons. The second-order valence-corrected chi connectivity index (χ2v) is 10.9. The molecule has 1 heterocycles. The predicted molar refractivity (Wildman–Crippen MR) is 150 cm³/mol. The van der Waals surface area contributed by atoms with Crippen molar-refractivity contribution in [2.45, 2.75) is 39.2 Å². The Morgan fingerprint density at radius 2 is 1.58 bits per heavy atom. The van der Waals surface area contributed by atoms with E-state index in [4.69, 9.17) is 9.47 Å². The molecule has 0 bridgehead atoms. The minimum atomic E-state index is -0.630. The van der Waals surface area contributed by atoms with Gasteiger partial charge in [0, 0.05) is 43.5 Å². The van der Waals surface area contributed by atoms with Gasteiger partial charge in [0.05, 0.1) is 5.56 Å². The Hall–Kier alpha value is -3.84. The molecule has 2 N–H and O–H groups in total. The maximum Gasteiger partial charge on any atom is 0.411 e. The molecule has 0 spiro atoms. The van der Waals surface area contributed by atoms with E-state index in [1.54, 1.807) is 0 Å². The molecule has 1 aliphatic heterocycles. The van der Waals surface area contributed by atoms with Gasteiger partial charge in [-0.2, -0.15) is 0 Å². The summed E-state index contributed by atoms with van der Waals surface area (Å²) < 4.78 is 11.4. The molecule has 38 heavy (non-hydrogen) atoms. The Bertz CT molecular complexity index is 1310. The summed E-state index contributed by atoms with van der Waals surface area (Å²) >= 11 is 0. The highest BCUT2D eigenvalue weighted by atomic mass is 16.6. The Kier molecular flexibility index (Phi) is 7.13. The van der Waals surface area contributed by atoms with Gasteiger partial charge in [-0.3, -0.25) is 5.32 Å². The molecule has 0 unspecified atom stereocenters. The summed E-state index contributed by atoms with van der Waals surface area (Å²) in [6.07, 6.45) is -0.553. The van der Waals surface area contributed by atoms with Gasteiger partial charge in [0.1, 0.15) is 12.2 Å². The molecule has 7 nitrogen and oxygen atoms in total. The first kappa shape index (κ1) is 25.8. The van der Waals surface area contributed by atoms with Crippen LogP contribution in [0.4, 0.5) is 16.2 Å². The van der Waals surface area contributed by atoms with Crippen LogP contribution in [0.5, 0.6) is 0 Å². The van der Waals surface area contributed by atoms with Crippen molar-refractivity contribution in [2.24, 2.45) is 0 Å². The number of ether oxygens (including phenoxy) is 2. The summed E-state index contributed by atoms with van der Waals surface area (Å²) in [4.78, 5) is 28.4. The summed E-state index contributed by atoms with van der Waals surface area (Å²) in [5, 5.41) is 6.25. The fraction of sp³-hybridized carbons (Fsp3) is 0.355. The van der Waals surface area contributed by atoms with Crippen LogP contribution in [0.1, 0.15) is 53.7 Å². The summed E-state index contributed by atoms with van der Waals surface area (Å²) in [7, 11) is 0. The van der Waals surface area contributed by atoms with E-state index in [1.165, 1.54) is 11.1 Å². The SMILES string of the molecule is Cc1c(NC(=O)OCC2c3ccccc3-c3ccccc32)cc(N2CCNCC2)cc1C(=O)OC(C)(C)C. The zero-order valence-electron chi connectivity index (χ0n) is 22.5. The van der Waals surface area contributed by atoms with Gasteiger partial charge in [-0.1, -0.05) is 48.5 Å². The number of hydrogen-bond acceptors (Lipinski definition) is 6. The number of anilines is 2. The Morgan fingerprint density at radius 1 is 0.974 bits per heavy atom. The average molecular weight is 514 g/mol. The van der Waals surface area contributed by atoms with Crippen LogP contribution in [0.3, 0.4) is 0 Å². The van der Waals surface area contributed by atoms with Crippen molar-refractivity contribution in [2.75, 3.05) is 43.0 Å². The van der Waals surface area contributed by atoms with Gasteiger partial charge in [-0.15, -0.1) is 0 Å². The Morgan fingerprint density at radius 3 is 2.18 bits per heavy atom. The first-order valence-electron chi connectivity index (χ1n) is 13.2. The van der Waals surface area contributed by atoms with E-state index in [0.717, 1.165) is 43.0 Å². The van der Waals surface area contributed by atoms with E-state index in [0.29, 0.717) is 16.8 Å². The lowest BCUT2D eigenvalue weighted by atomic mass is 9.98. The molecule has 0 radical (unpaired) electrons. The number of benzene rings is 3. The number of nitrogens with one attached hydrogen (secondary N) is 2. The molecule has 1 aliphatic carbocycles. The zero-order chi connectivity index (χ0) is 26.9. The molecular weight excluding hydrogens is 478 g/mol. The minimum Gasteiger partial charge on any atom is -0.456 e. The van der Waals surface area contributed by atoms with Gasteiger partial charge in [0.25, 0.3) is 0 Å². The number of nitrogens with zero attached hydrogens (tertiary/aromatic N) is 1. The largest absolute Gasteiger partial charge is 0.456 e. The standard InChI is InChI=1S/C31H35N3O4/c1-20-26(29(35)38-31(2,3)4)17-21(34-15-13-32-14-16-34)18-28(20)33-30(36)37-19-27-24-11-7-5-9-22(24)23-10-6-8-12-25(23)27/h5-12,17-18,27,32H,13-16,19H2,1-4H3,(H,33,36). The number of piperazine rings is 1. The molecule has 1 saturated heterocycles. The van der Waals surface area contributed by atoms with Gasteiger partial charge in [-0.05, 0) is 67.6 Å². The topological polar surface area (TPSA) is 79.9 Å². The molecule has 3 aromatic rings. The molecule has 5 rings (SSSR count). The normalized spacial score (nSPS) is 15.0. The number of esters is 1. The van der Waals surface area contributed by atoms with Crippen LogP contribution in [-0.4, -0.2) is 50.4 Å². The maximum absolute atomic E-state index is 13.1. The van der Waals surface area contributed by atoms with Crippen molar-refractivity contribution in [3.8, 4) is 11.1 Å². The first-order chi connectivity index (χ1) is 18.2. The quantitative estimate of drug-likeness (QED) is 0.425. The average Bonchev–Trinajstić information content (AvgIpc) is 3.22. The van der Waals surface area contributed by atoms with E-state index in [2.05, 4.69) is 39.8 Å². The molecule has 3 aromatic carbocycles. The van der Waals surface area contributed by atoms with Crippen molar-refractivity contribution in [3.05, 3.63) is 82.9 Å². The highest BCUT2D eigenvalue weighted by Gasteiger charge is 2.29. The summed E-state index contributed by atoms with van der Waals surface area (Å²) in [6.45, 7) is 10.9. The van der Waals surface area contributed by atoms with Crippen LogP contribution in [0.25, 0.3) is 11.1 Å². The van der Waals surface area contributed by atoms with E-state index < -0.39 is 17.7 Å². The van der Waals surface area contributed by atoms with E-state index in [-0.39, 0.29) is 12.5 Å². The van der Waals surface area contributed by atoms with Crippen LogP contribution in [0, 0.1) is 6.92 Å². The van der Waals surface area contributed by atoms with E-state index >= 15 is 0 Å². The molecule has 7 heteroatoms. The van der Waals surface area contributed by atoms with Crippen LogP contribution >= 0.6 is 0 Å². The molecule has 0 aromatic heterocycles. The lowest BCUT2D eigenvalue weighted by Crippen LogP contribution is -2.43. The Balaban J connectivity index is 1.37. The number of hydrogen-bond donors (Lipinski definition) is 2. The zero-order valence-corrected chi connectivity index (χ0v) is 22.5. The highest BCUT2D eigenvalue weighted by molar-refractivity contribution is 5.97. The second-order valence-electron chi connectivity index (χ2n) is 10.9. The molecule has 0 saturated carbocycles. The fourth-order valence-corrected chi connectivity index (χ4v) is 5.22. The third-order valence-electron chi connectivity index (χ3n) is 7.07. The van der Waals surface area contributed by atoms with Gasteiger partial charge in [0.15, 0.2) is 0 Å². The third-order valence-corrected chi connectivity index (χ3v) is 7.07. The number of rotatable bonds is 5. The van der Waals surface area contributed by atoms with Crippen molar-refractivity contribution < 1.29 is 19.1 Å². The van der Waals surface area contributed by atoms with Gasteiger partial charge >= 0.3 is 12.1 Å². The number of carbonyl (C=O) groups is 2. The van der Waals surface area contributed by atoms with Crippen LogP contribution in [0.15, 0.2) is 60.7 Å². The van der Waals surface area contributed by atoms with Crippen LogP contribution in [0.2, 0.25) is 0 Å². The van der Waals surface area contributed by atoms with E-state index in [1.807, 2.05) is 64.1 Å². The molecule has 1 amide bonds. The molecule has 0 atom stereocenters. The summed E-state index contributed by atoms with van der Waals surface area (Å²) in [5.41, 5.74) is 6.53. The molecule has 2 aliphatic rings. The van der Waals surface area contributed by atoms with Gasteiger partial charge in [0.2, 0.25) is 0 Å². The maximum atomic E-state index is 13.1. The van der Waals surface area contributed by atoms with Gasteiger partial charge in [-0.25, -0.2) is 9.59 Å². The monoisotopic (exact) mass is 513 g/mol. The third kappa shape index (κ3) is 5.38. The van der Waals surface area contributed by atoms with Crippen LogP contribution < -0.4 is 15.5 Å². The number of fused-ring (bicyclic) bond motifs is 3. The van der Waals surface area contributed by atoms with E-state index in [9.17, 15) is 9.59 Å². The van der Waals surface area contributed by atoms with Crippen LogP contribution in [-0.2, 0) is 9.47 Å². The van der Waals surface area contributed by atoms with Crippen molar-refractivity contribution in [3.63, 3.8) is 0 Å². The Labute approximate surface area is 224 Å². The highest BCUT2D eigenvalue weighted by Crippen LogP contribution is 2.44. The second kappa shape index (κ2) is 10.5. The number of amides is 1. The van der Waals surface area contributed by atoms with Crippen molar-refractivity contribution in [1.29, 1.82) is 0 Å². The fourth-order valence-electron chi connectivity index (χ4n) is 5.22. The molecule has 1 fully saturated rings. The lowest BCUT2D eigenvalue weighted by Gasteiger charge is -2.31.